The largest absolute Gasteiger partial charge is 0.338 e. The monoisotopic (exact) mass is 247 g/mol. The molecule has 2 rings (SSSR count). The molecular formula is C14H21N3O. The van der Waals surface area contributed by atoms with Crippen LogP contribution in [-0.2, 0) is 11.3 Å². The third kappa shape index (κ3) is 2.88. The van der Waals surface area contributed by atoms with Crippen LogP contribution in [0, 0.1) is 11.8 Å². The number of nitrogens with one attached hydrogen (secondary N) is 1. The predicted molar refractivity (Wildman–Crippen MR) is 70.9 cm³/mol. The van der Waals surface area contributed by atoms with Crippen molar-refractivity contribution >= 4 is 5.91 Å². The molecule has 0 saturated carbocycles. The molecule has 1 amide bonds. The highest BCUT2D eigenvalue weighted by atomic mass is 16.2. The van der Waals surface area contributed by atoms with Crippen LogP contribution in [0.1, 0.15) is 19.4 Å². The van der Waals surface area contributed by atoms with Crippen LogP contribution < -0.4 is 5.32 Å². The molecule has 1 unspecified atom stereocenters. The van der Waals surface area contributed by atoms with Gasteiger partial charge in [0, 0.05) is 31.4 Å². The zero-order valence-corrected chi connectivity index (χ0v) is 11.1. The number of carbonyl (C=O) groups excluding carboxylic acids is 1. The second-order valence-corrected chi connectivity index (χ2v) is 4.91. The minimum Gasteiger partial charge on any atom is -0.338 e. The minimum absolute atomic E-state index is 0.119. The standard InChI is InChI=1S/C14H21N3O/c1-3-17(10-12-4-6-15-7-5-12)14(18)11(2)13-8-16-9-13/h4-7,11,13,16H,3,8-10H2,1-2H3. The summed E-state index contributed by atoms with van der Waals surface area (Å²) in [6.07, 6.45) is 3.54. The van der Waals surface area contributed by atoms with Crippen molar-refractivity contribution < 1.29 is 4.79 Å². The third-order valence-corrected chi connectivity index (χ3v) is 3.73. The number of rotatable bonds is 5. The van der Waals surface area contributed by atoms with Crippen molar-refractivity contribution in [2.24, 2.45) is 11.8 Å². The van der Waals surface area contributed by atoms with Gasteiger partial charge < -0.3 is 10.2 Å². The molecule has 4 heteroatoms. The number of nitrogens with zero attached hydrogens (tertiary/aromatic N) is 2. The van der Waals surface area contributed by atoms with E-state index in [9.17, 15) is 4.79 Å². The van der Waals surface area contributed by atoms with Crippen LogP contribution in [0.3, 0.4) is 0 Å². The van der Waals surface area contributed by atoms with Crippen LogP contribution in [0.4, 0.5) is 0 Å². The zero-order chi connectivity index (χ0) is 13.0. The number of aromatic nitrogens is 1. The Bertz CT molecular complexity index is 389. The highest BCUT2D eigenvalue weighted by molar-refractivity contribution is 5.79. The van der Waals surface area contributed by atoms with Crippen LogP contribution in [0.25, 0.3) is 0 Å². The Labute approximate surface area is 108 Å². The van der Waals surface area contributed by atoms with Crippen LogP contribution in [0.2, 0.25) is 0 Å². The molecule has 0 spiro atoms. The van der Waals surface area contributed by atoms with E-state index in [1.165, 1.54) is 0 Å². The van der Waals surface area contributed by atoms with Crippen molar-refractivity contribution in [3.63, 3.8) is 0 Å². The molecule has 1 N–H and O–H groups in total. The van der Waals surface area contributed by atoms with E-state index < -0.39 is 0 Å². The Morgan fingerprint density at radius 3 is 2.67 bits per heavy atom. The molecule has 4 nitrogen and oxygen atoms in total. The molecule has 1 saturated heterocycles. The summed E-state index contributed by atoms with van der Waals surface area (Å²) in [6, 6.07) is 3.93. The Morgan fingerprint density at radius 1 is 1.50 bits per heavy atom. The van der Waals surface area contributed by atoms with E-state index in [1.807, 2.05) is 30.9 Å². The number of pyridine rings is 1. The first kappa shape index (κ1) is 13.0. The van der Waals surface area contributed by atoms with E-state index in [0.717, 1.165) is 25.2 Å². The van der Waals surface area contributed by atoms with Gasteiger partial charge in [0.15, 0.2) is 0 Å². The van der Waals surface area contributed by atoms with Crippen molar-refractivity contribution in [2.75, 3.05) is 19.6 Å². The summed E-state index contributed by atoms with van der Waals surface area (Å²) in [5, 5.41) is 3.22. The smallest absolute Gasteiger partial charge is 0.226 e. The first-order valence-corrected chi connectivity index (χ1v) is 6.60. The van der Waals surface area contributed by atoms with E-state index in [4.69, 9.17) is 0 Å². The lowest BCUT2D eigenvalue weighted by Crippen LogP contribution is -2.50. The second-order valence-electron chi connectivity index (χ2n) is 4.91. The lowest BCUT2D eigenvalue weighted by molar-refractivity contribution is -0.137. The fourth-order valence-electron chi connectivity index (χ4n) is 2.21. The maximum Gasteiger partial charge on any atom is 0.226 e. The summed E-state index contributed by atoms with van der Waals surface area (Å²) in [6.45, 7) is 7.46. The molecular weight excluding hydrogens is 226 g/mol. The van der Waals surface area contributed by atoms with Crippen LogP contribution in [-0.4, -0.2) is 35.4 Å². The van der Waals surface area contributed by atoms with Gasteiger partial charge in [-0.05, 0) is 43.6 Å². The fourth-order valence-corrected chi connectivity index (χ4v) is 2.21. The number of hydrogen-bond donors (Lipinski definition) is 1. The highest BCUT2D eigenvalue weighted by Crippen LogP contribution is 2.19. The Balaban J connectivity index is 1.97. The summed E-state index contributed by atoms with van der Waals surface area (Å²) in [4.78, 5) is 18.3. The number of hydrogen-bond acceptors (Lipinski definition) is 3. The van der Waals surface area contributed by atoms with Crippen molar-refractivity contribution in [3.05, 3.63) is 30.1 Å². The molecule has 1 aromatic heterocycles. The summed E-state index contributed by atoms with van der Waals surface area (Å²) in [7, 11) is 0. The van der Waals surface area contributed by atoms with Crippen molar-refractivity contribution in [3.8, 4) is 0 Å². The van der Waals surface area contributed by atoms with E-state index in [-0.39, 0.29) is 11.8 Å². The van der Waals surface area contributed by atoms with Gasteiger partial charge in [0.05, 0.1) is 0 Å². The minimum atomic E-state index is 0.119. The average Bonchev–Trinajstić information content (AvgIpc) is 2.34. The van der Waals surface area contributed by atoms with E-state index in [0.29, 0.717) is 12.5 Å². The molecule has 0 radical (unpaired) electrons. The lowest BCUT2D eigenvalue weighted by Gasteiger charge is -2.34. The van der Waals surface area contributed by atoms with E-state index in [2.05, 4.69) is 10.3 Å². The molecule has 98 valence electrons. The zero-order valence-electron chi connectivity index (χ0n) is 11.1. The van der Waals surface area contributed by atoms with Crippen molar-refractivity contribution in [1.29, 1.82) is 0 Å². The predicted octanol–water partition coefficient (Wildman–Crippen LogP) is 1.29. The van der Waals surface area contributed by atoms with Gasteiger partial charge in [0.2, 0.25) is 5.91 Å². The SMILES string of the molecule is CCN(Cc1ccncc1)C(=O)C(C)C1CNC1. The average molecular weight is 247 g/mol. The topological polar surface area (TPSA) is 45.2 Å². The first-order chi connectivity index (χ1) is 8.72. The van der Waals surface area contributed by atoms with E-state index >= 15 is 0 Å². The number of amides is 1. The van der Waals surface area contributed by atoms with Gasteiger partial charge in [-0.15, -0.1) is 0 Å². The van der Waals surface area contributed by atoms with Gasteiger partial charge in [-0.3, -0.25) is 9.78 Å². The Hall–Kier alpha value is -1.42. The van der Waals surface area contributed by atoms with Crippen LogP contribution in [0.15, 0.2) is 24.5 Å². The normalized spacial score (nSPS) is 17.0. The lowest BCUT2D eigenvalue weighted by atomic mass is 9.88. The van der Waals surface area contributed by atoms with Crippen LogP contribution in [0.5, 0.6) is 0 Å². The van der Waals surface area contributed by atoms with Gasteiger partial charge >= 0.3 is 0 Å². The molecule has 0 bridgehead atoms. The van der Waals surface area contributed by atoms with Crippen molar-refractivity contribution in [2.45, 2.75) is 20.4 Å². The molecule has 1 fully saturated rings. The van der Waals surface area contributed by atoms with Gasteiger partial charge in [0.1, 0.15) is 0 Å². The Morgan fingerprint density at radius 2 is 2.17 bits per heavy atom. The Kier molecular flexibility index (Phi) is 4.31. The second kappa shape index (κ2) is 5.96. The summed E-state index contributed by atoms with van der Waals surface area (Å²) >= 11 is 0. The molecule has 1 aliphatic rings. The molecule has 18 heavy (non-hydrogen) atoms. The molecule has 1 aliphatic heterocycles. The summed E-state index contributed by atoms with van der Waals surface area (Å²) in [5.41, 5.74) is 1.14. The molecule has 0 aliphatic carbocycles. The van der Waals surface area contributed by atoms with Crippen molar-refractivity contribution in [1.82, 2.24) is 15.2 Å². The molecule has 0 aromatic carbocycles. The van der Waals surface area contributed by atoms with Gasteiger partial charge in [-0.2, -0.15) is 0 Å². The third-order valence-electron chi connectivity index (χ3n) is 3.73. The maximum atomic E-state index is 12.4. The van der Waals surface area contributed by atoms with Gasteiger partial charge in [0.25, 0.3) is 0 Å². The maximum absolute atomic E-state index is 12.4. The van der Waals surface area contributed by atoms with E-state index in [1.54, 1.807) is 12.4 Å². The number of carbonyl (C=O) groups is 1. The molecule has 1 atom stereocenters. The van der Waals surface area contributed by atoms with Crippen LogP contribution >= 0.6 is 0 Å². The first-order valence-electron chi connectivity index (χ1n) is 6.60. The van der Waals surface area contributed by atoms with Gasteiger partial charge in [-0.1, -0.05) is 6.92 Å². The molecule has 2 heterocycles. The molecule has 1 aromatic rings. The summed E-state index contributed by atoms with van der Waals surface area (Å²) < 4.78 is 0. The highest BCUT2D eigenvalue weighted by Gasteiger charge is 2.31. The fraction of sp³-hybridized carbons (Fsp3) is 0.571. The summed E-state index contributed by atoms with van der Waals surface area (Å²) in [5.74, 6) is 0.887. The van der Waals surface area contributed by atoms with Gasteiger partial charge in [-0.25, -0.2) is 0 Å². The quantitative estimate of drug-likeness (QED) is 0.852.